The number of hydrogen-bond acceptors (Lipinski definition) is 6. The lowest BCUT2D eigenvalue weighted by Gasteiger charge is -2.09. The predicted octanol–water partition coefficient (Wildman–Crippen LogP) is 4.42. The number of benzene rings is 1. The van der Waals surface area contributed by atoms with Gasteiger partial charge in [-0.3, -0.25) is 4.55 Å². The molecule has 8 heteroatoms. The lowest BCUT2D eigenvalue weighted by Crippen LogP contribution is -2.18. The van der Waals surface area contributed by atoms with Crippen LogP contribution in [0.25, 0.3) is 0 Å². The van der Waals surface area contributed by atoms with E-state index in [-0.39, 0.29) is 17.7 Å². The van der Waals surface area contributed by atoms with Crippen molar-refractivity contribution in [3.63, 3.8) is 0 Å². The van der Waals surface area contributed by atoms with E-state index in [0.717, 1.165) is 19.3 Å². The lowest BCUT2D eigenvalue weighted by molar-refractivity contribution is 0.0463. The lowest BCUT2D eigenvalue weighted by atomic mass is 10.1. The van der Waals surface area contributed by atoms with Gasteiger partial charge in [-0.25, -0.2) is 9.59 Å². The summed E-state index contributed by atoms with van der Waals surface area (Å²) < 4.78 is 40.1. The molecule has 0 heterocycles. The average Bonchev–Trinajstić information content (AvgIpc) is 2.68. The first kappa shape index (κ1) is 25.1. The Morgan fingerprint density at radius 2 is 1.24 bits per heavy atom. The van der Waals surface area contributed by atoms with Crippen LogP contribution in [-0.2, 0) is 19.6 Å². The summed E-state index contributed by atoms with van der Waals surface area (Å²) in [5.74, 6) is -2.17. The second-order valence-electron chi connectivity index (χ2n) is 6.93. The molecule has 0 aliphatic carbocycles. The molecule has 0 aliphatic heterocycles. The third-order valence-corrected chi connectivity index (χ3v) is 5.10. The van der Waals surface area contributed by atoms with E-state index in [0.29, 0.717) is 0 Å². The molecule has 0 spiro atoms. The van der Waals surface area contributed by atoms with Crippen LogP contribution in [0.4, 0.5) is 0 Å². The van der Waals surface area contributed by atoms with Crippen molar-refractivity contribution in [3.05, 3.63) is 35.4 Å². The summed E-state index contributed by atoms with van der Waals surface area (Å²) in [4.78, 5) is 24.4. The van der Waals surface area contributed by atoms with Crippen LogP contribution in [0.3, 0.4) is 0 Å². The minimum Gasteiger partial charge on any atom is -0.462 e. The third-order valence-electron chi connectivity index (χ3n) is 4.42. The molecule has 1 aromatic rings. The Hall–Kier alpha value is -1.93. The van der Waals surface area contributed by atoms with Crippen molar-refractivity contribution in [2.45, 2.75) is 64.7 Å². The summed E-state index contributed by atoms with van der Waals surface area (Å²) in [5, 5.41) is 0. The van der Waals surface area contributed by atoms with Crippen LogP contribution in [0.2, 0.25) is 0 Å². The van der Waals surface area contributed by atoms with Gasteiger partial charge >= 0.3 is 11.9 Å². The molecule has 0 aromatic heterocycles. The van der Waals surface area contributed by atoms with Gasteiger partial charge in [-0.2, -0.15) is 8.42 Å². The second-order valence-corrected chi connectivity index (χ2v) is 8.50. The van der Waals surface area contributed by atoms with Crippen LogP contribution < -0.4 is 0 Å². The van der Waals surface area contributed by atoms with E-state index in [1.54, 1.807) is 12.1 Å². The van der Waals surface area contributed by atoms with E-state index >= 15 is 0 Å². The first-order valence-corrected chi connectivity index (χ1v) is 11.8. The molecule has 0 aliphatic rings. The van der Waals surface area contributed by atoms with Crippen molar-refractivity contribution < 1.29 is 32.0 Å². The maximum absolute atomic E-state index is 12.3. The fraction of sp³-hybridized carbons (Fsp3) is 0.619. The molecule has 0 saturated carbocycles. The highest BCUT2D eigenvalue weighted by Gasteiger charge is 2.19. The van der Waals surface area contributed by atoms with Crippen LogP contribution in [0.1, 0.15) is 85.4 Å². The SMILES string of the molecule is CCCCCCCCCCCOC(=O)c1ccccc1C(=O)OCCS(=O)(=O)O. The van der Waals surface area contributed by atoms with E-state index in [1.807, 2.05) is 0 Å². The molecule has 1 rings (SSSR count). The second kappa shape index (κ2) is 14.1. The van der Waals surface area contributed by atoms with Crippen molar-refractivity contribution in [1.29, 1.82) is 0 Å². The summed E-state index contributed by atoms with van der Waals surface area (Å²) in [7, 11) is -4.23. The Morgan fingerprint density at radius 3 is 1.72 bits per heavy atom. The molecule has 0 unspecified atom stereocenters. The molecule has 0 saturated heterocycles. The van der Waals surface area contributed by atoms with Gasteiger partial charge in [0.1, 0.15) is 12.4 Å². The standard InChI is InChI=1S/C21H32O7S/c1-2-3-4-5-6-7-8-9-12-15-27-20(22)18-13-10-11-14-19(18)21(23)28-16-17-29(24,25)26/h10-11,13-14H,2-9,12,15-17H2,1H3,(H,24,25,26). The summed E-state index contributed by atoms with van der Waals surface area (Å²) in [5.41, 5.74) is 0.0696. The summed E-state index contributed by atoms with van der Waals surface area (Å²) >= 11 is 0. The Labute approximate surface area is 173 Å². The van der Waals surface area contributed by atoms with E-state index < -0.39 is 34.4 Å². The number of ether oxygens (including phenoxy) is 2. The fourth-order valence-electron chi connectivity index (χ4n) is 2.81. The van der Waals surface area contributed by atoms with Crippen molar-refractivity contribution in [2.24, 2.45) is 0 Å². The van der Waals surface area contributed by atoms with Gasteiger partial charge in [0.2, 0.25) is 0 Å². The van der Waals surface area contributed by atoms with Crippen LogP contribution in [0.15, 0.2) is 24.3 Å². The molecule has 1 N–H and O–H groups in total. The highest BCUT2D eigenvalue weighted by atomic mass is 32.2. The summed E-state index contributed by atoms with van der Waals surface area (Å²) in [6, 6.07) is 6.03. The van der Waals surface area contributed by atoms with Crippen LogP contribution >= 0.6 is 0 Å². The van der Waals surface area contributed by atoms with Crippen molar-refractivity contribution in [2.75, 3.05) is 19.0 Å². The maximum Gasteiger partial charge on any atom is 0.339 e. The van der Waals surface area contributed by atoms with Gasteiger partial charge in [0.05, 0.1) is 17.7 Å². The number of hydrogen-bond donors (Lipinski definition) is 1. The zero-order valence-corrected chi connectivity index (χ0v) is 17.9. The first-order chi connectivity index (χ1) is 13.8. The molecule has 1 aromatic carbocycles. The Balaban J connectivity index is 2.34. The van der Waals surface area contributed by atoms with Crippen molar-refractivity contribution in [1.82, 2.24) is 0 Å². The molecule has 0 radical (unpaired) electrons. The molecule has 0 amide bonds. The van der Waals surface area contributed by atoms with E-state index in [4.69, 9.17) is 14.0 Å². The third kappa shape index (κ3) is 11.6. The van der Waals surface area contributed by atoms with Gasteiger partial charge in [-0.15, -0.1) is 0 Å². The average molecular weight is 429 g/mol. The highest BCUT2D eigenvalue weighted by Crippen LogP contribution is 2.13. The van der Waals surface area contributed by atoms with Crippen LogP contribution in [-0.4, -0.2) is 43.9 Å². The Morgan fingerprint density at radius 1 is 0.793 bits per heavy atom. The van der Waals surface area contributed by atoms with Gasteiger partial charge < -0.3 is 9.47 Å². The molecule has 7 nitrogen and oxygen atoms in total. The number of unbranched alkanes of at least 4 members (excludes halogenated alkanes) is 8. The summed E-state index contributed by atoms with van der Waals surface area (Å²) in [6.07, 6.45) is 10.4. The molecule has 0 bridgehead atoms. The number of carbonyl (C=O) groups excluding carboxylic acids is 2. The Bertz CT molecular complexity index is 728. The van der Waals surface area contributed by atoms with Crippen molar-refractivity contribution in [3.8, 4) is 0 Å². The molecule has 0 atom stereocenters. The van der Waals surface area contributed by atoms with Gasteiger partial charge in [-0.1, -0.05) is 70.4 Å². The topological polar surface area (TPSA) is 107 Å². The van der Waals surface area contributed by atoms with E-state index in [9.17, 15) is 18.0 Å². The smallest absolute Gasteiger partial charge is 0.339 e. The van der Waals surface area contributed by atoms with Gasteiger partial charge in [-0.05, 0) is 18.6 Å². The Kier molecular flexibility index (Phi) is 12.2. The number of carbonyl (C=O) groups is 2. The van der Waals surface area contributed by atoms with Crippen LogP contribution in [0.5, 0.6) is 0 Å². The zero-order valence-electron chi connectivity index (χ0n) is 17.1. The van der Waals surface area contributed by atoms with Crippen molar-refractivity contribution >= 4 is 22.1 Å². The number of rotatable bonds is 15. The van der Waals surface area contributed by atoms with E-state index in [2.05, 4.69) is 6.92 Å². The predicted molar refractivity (Wildman–Crippen MR) is 111 cm³/mol. The minimum atomic E-state index is -4.23. The zero-order chi connectivity index (χ0) is 21.5. The van der Waals surface area contributed by atoms with E-state index in [1.165, 1.54) is 50.7 Å². The first-order valence-electron chi connectivity index (χ1n) is 10.2. The molecule has 164 valence electrons. The molecule has 29 heavy (non-hydrogen) atoms. The molecular formula is C21H32O7S. The fourth-order valence-corrected chi connectivity index (χ4v) is 3.11. The largest absolute Gasteiger partial charge is 0.462 e. The highest BCUT2D eigenvalue weighted by molar-refractivity contribution is 7.85. The van der Waals surface area contributed by atoms with Gasteiger partial charge in [0.15, 0.2) is 0 Å². The molecular weight excluding hydrogens is 396 g/mol. The van der Waals surface area contributed by atoms with Gasteiger partial charge in [0, 0.05) is 0 Å². The quantitative estimate of drug-likeness (QED) is 0.250. The van der Waals surface area contributed by atoms with Gasteiger partial charge in [0.25, 0.3) is 10.1 Å². The van der Waals surface area contributed by atoms with Crippen LogP contribution in [0, 0.1) is 0 Å². The summed E-state index contributed by atoms with van der Waals surface area (Å²) in [6.45, 7) is 1.98. The number of esters is 2. The monoisotopic (exact) mass is 428 g/mol. The minimum absolute atomic E-state index is 0.0000768. The maximum atomic E-state index is 12.3. The normalized spacial score (nSPS) is 11.2. The molecule has 0 fully saturated rings.